The number of nitrogens with zero attached hydrogens (tertiary/aromatic N) is 3. The van der Waals surface area contributed by atoms with E-state index in [4.69, 9.17) is 5.11 Å². The van der Waals surface area contributed by atoms with E-state index in [-0.39, 0.29) is 5.13 Å². The first-order valence-electron chi connectivity index (χ1n) is 5.18. The number of hydrogen-bond acceptors (Lipinski definition) is 4. The van der Waals surface area contributed by atoms with Crippen molar-refractivity contribution in [1.82, 2.24) is 13.9 Å². The Morgan fingerprint density at radius 2 is 2.16 bits per heavy atom. The molecule has 19 heavy (non-hydrogen) atoms. The molecule has 0 aliphatic heterocycles. The predicted octanol–water partition coefficient (Wildman–Crippen LogP) is 2.61. The lowest BCUT2D eigenvalue weighted by Crippen LogP contribution is -2.09. The third-order valence-electron chi connectivity index (χ3n) is 2.36. The van der Waals surface area contributed by atoms with Gasteiger partial charge in [0.25, 0.3) is 0 Å². The average Bonchev–Trinajstić information content (AvgIpc) is 2.94. The van der Waals surface area contributed by atoms with Crippen LogP contribution in [-0.4, -0.2) is 25.0 Å². The summed E-state index contributed by atoms with van der Waals surface area (Å²) in [7, 11) is 0. The van der Waals surface area contributed by atoms with Gasteiger partial charge in [-0.3, -0.25) is 4.57 Å². The molecule has 0 unspecified atom stereocenters. The quantitative estimate of drug-likeness (QED) is 0.943. The number of carboxylic acids is 1. The van der Waals surface area contributed by atoms with Crippen molar-refractivity contribution < 1.29 is 23.1 Å². The second kappa shape index (κ2) is 4.65. The normalized spacial score (nSPS) is 11.8. The van der Waals surface area contributed by atoms with Gasteiger partial charge in [0, 0.05) is 30.3 Å². The van der Waals surface area contributed by atoms with Crippen LogP contribution in [0.5, 0.6) is 0 Å². The molecule has 0 saturated heterocycles. The van der Waals surface area contributed by atoms with Crippen LogP contribution in [0.4, 0.5) is 13.2 Å². The summed E-state index contributed by atoms with van der Waals surface area (Å²) in [5, 5.41) is 9.00. The highest BCUT2D eigenvalue weighted by atomic mass is 32.1. The van der Waals surface area contributed by atoms with Gasteiger partial charge in [0.05, 0.1) is 11.1 Å². The summed E-state index contributed by atoms with van der Waals surface area (Å²) in [4.78, 5) is 14.8. The van der Waals surface area contributed by atoms with E-state index in [0.29, 0.717) is 18.4 Å². The van der Waals surface area contributed by atoms with Gasteiger partial charge < -0.3 is 5.11 Å². The molecule has 5 nitrogen and oxygen atoms in total. The molecule has 2 rings (SSSR count). The Balaban J connectivity index is 2.51. The molecule has 0 fully saturated rings. The highest BCUT2D eigenvalue weighted by Gasteiger charge is 2.37. The lowest BCUT2D eigenvalue weighted by Gasteiger charge is -2.03. The maximum absolute atomic E-state index is 12.7. The molecule has 0 aromatic carbocycles. The van der Waals surface area contributed by atoms with Gasteiger partial charge in [0.1, 0.15) is 5.82 Å². The van der Waals surface area contributed by atoms with Gasteiger partial charge in [0.15, 0.2) is 0 Å². The van der Waals surface area contributed by atoms with Gasteiger partial charge in [-0.2, -0.15) is 17.5 Å². The van der Waals surface area contributed by atoms with E-state index in [1.807, 2.05) is 6.92 Å². The number of alkyl halides is 3. The van der Waals surface area contributed by atoms with Crippen LogP contribution < -0.4 is 0 Å². The van der Waals surface area contributed by atoms with Gasteiger partial charge >= 0.3 is 12.1 Å². The second-order valence-electron chi connectivity index (χ2n) is 3.64. The Morgan fingerprint density at radius 3 is 2.58 bits per heavy atom. The number of aromatic nitrogens is 3. The van der Waals surface area contributed by atoms with Crippen LogP contribution in [0.25, 0.3) is 5.13 Å². The largest absolute Gasteiger partial charge is 0.478 e. The molecule has 0 spiro atoms. The molecule has 0 aliphatic carbocycles. The third-order valence-corrected chi connectivity index (χ3v) is 3.12. The maximum atomic E-state index is 12.7. The van der Waals surface area contributed by atoms with Crippen molar-refractivity contribution in [3.63, 3.8) is 0 Å². The van der Waals surface area contributed by atoms with Crippen LogP contribution >= 0.6 is 11.5 Å². The fourth-order valence-electron chi connectivity index (χ4n) is 1.45. The van der Waals surface area contributed by atoms with E-state index >= 15 is 0 Å². The van der Waals surface area contributed by atoms with Crippen molar-refractivity contribution >= 4 is 17.5 Å². The zero-order valence-electron chi connectivity index (χ0n) is 9.60. The second-order valence-corrected chi connectivity index (χ2v) is 4.37. The van der Waals surface area contributed by atoms with Crippen molar-refractivity contribution in [3.8, 4) is 5.13 Å². The lowest BCUT2D eigenvalue weighted by molar-refractivity contribution is -0.138. The summed E-state index contributed by atoms with van der Waals surface area (Å²) >= 11 is 0.913. The van der Waals surface area contributed by atoms with E-state index in [1.165, 1.54) is 0 Å². The zero-order valence-corrected chi connectivity index (χ0v) is 10.4. The lowest BCUT2D eigenvalue weighted by atomic mass is 10.2. The molecule has 0 amide bonds. The molecule has 0 aliphatic rings. The Labute approximate surface area is 109 Å². The molecule has 0 radical (unpaired) electrons. The van der Waals surface area contributed by atoms with Crippen LogP contribution in [0.2, 0.25) is 0 Å². The van der Waals surface area contributed by atoms with Gasteiger partial charge in [-0.05, 0) is 0 Å². The SMILES string of the molecule is CCc1nsc(-n2cc(C(=O)O)c(C(F)(F)F)c2)n1. The Morgan fingerprint density at radius 1 is 1.47 bits per heavy atom. The number of carbonyl (C=O) groups is 1. The number of hydrogen-bond donors (Lipinski definition) is 1. The van der Waals surface area contributed by atoms with Crippen molar-refractivity contribution in [1.29, 1.82) is 0 Å². The van der Waals surface area contributed by atoms with Crippen molar-refractivity contribution in [3.05, 3.63) is 29.3 Å². The van der Waals surface area contributed by atoms with Crippen LogP contribution in [0.15, 0.2) is 12.4 Å². The summed E-state index contributed by atoms with van der Waals surface area (Å²) in [6, 6.07) is 0. The molecule has 0 saturated carbocycles. The minimum absolute atomic E-state index is 0.204. The number of rotatable bonds is 3. The molecule has 2 aromatic heterocycles. The first-order valence-corrected chi connectivity index (χ1v) is 5.95. The molecule has 0 atom stereocenters. The van der Waals surface area contributed by atoms with Crippen molar-refractivity contribution in [2.45, 2.75) is 19.5 Å². The fourth-order valence-corrected chi connectivity index (χ4v) is 2.16. The standard InChI is InChI=1S/C10H8F3N3O2S/c1-2-7-14-9(19-15-7)16-3-5(8(17)18)6(4-16)10(11,12)13/h3-4H,2H2,1H3,(H,17,18). The van der Waals surface area contributed by atoms with E-state index in [9.17, 15) is 18.0 Å². The van der Waals surface area contributed by atoms with Crippen LogP contribution in [-0.2, 0) is 12.6 Å². The average molecular weight is 291 g/mol. The maximum Gasteiger partial charge on any atom is 0.418 e. The van der Waals surface area contributed by atoms with Crippen molar-refractivity contribution in [2.24, 2.45) is 0 Å². The summed E-state index contributed by atoms with van der Waals surface area (Å²) in [6.45, 7) is 1.81. The zero-order chi connectivity index (χ0) is 14.2. The van der Waals surface area contributed by atoms with Gasteiger partial charge in [-0.25, -0.2) is 9.78 Å². The summed E-state index contributed by atoms with van der Waals surface area (Å²) < 4.78 is 43.1. The molecule has 1 N–H and O–H groups in total. The molecular weight excluding hydrogens is 283 g/mol. The molecule has 0 bridgehead atoms. The molecule has 2 aromatic rings. The van der Waals surface area contributed by atoms with E-state index in [0.717, 1.165) is 22.3 Å². The third kappa shape index (κ3) is 2.60. The van der Waals surface area contributed by atoms with Crippen molar-refractivity contribution in [2.75, 3.05) is 0 Å². The van der Waals surface area contributed by atoms with E-state index < -0.39 is 23.3 Å². The number of halogens is 3. The monoisotopic (exact) mass is 291 g/mol. The van der Waals surface area contributed by atoms with E-state index in [2.05, 4.69) is 9.36 Å². The molecule has 9 heteroatoms. The number of aromatic carboxylic acids is 1. The number of carboxylic acid groups (broad SMARTS) is 1. The van der Waals surface area contributed by atoms with Gasteiger partial charge in [0.2, 0.25) is 5.13 Å². The Hall–Kier alpha value is -1.90. The smallest absolute Gasteiger partial charge is 0.418 e. The first kappa shape index (κ1) is 13.5. The Kier molecular flexibility index (Phi) is 3.31. The summed E-state index contributed by atoms with van der Waals surface area (Å²) in [5.74, 6) is -1.13. The highest BCUT2D eigenvalue weighted by Crippen LogP contribution is 2.33. The molecule has 2 heterocycles. The van der Waals surface area contributed by atoms with E-state index in [1.54, 1.807) is 0 Å². The fraction of sp³-hybridized carbons (Fsp3) is 0.300. The minimum Gasteiger partial charge on any atom is -0.478 e. The van der Waals surface area contributed by atoms with Gasteiger partial charge in [-0.15, -0.1) is 0 Å². The predicted molar refractivity (Wildman–Crippen MR) is 60.6 cm³/mol. The van der Waals surface area contributed by atoms with Crippen LogP contribution in [0.1, 0.15) is 28.7 Å². The summed E-state index contributed by atoms with van der Waals surface area (Å²) in [5.41, 5.74) is -2.01. The highest BCUT2D eigenvalue weighted by molar-refractivity contribution is 7.08. The molecule has 102 valence electrons. The minimum atomic E-state index is -4.72. The topological polar surface area (TPSA) is 68.0 Å². The first-order chi connectivity index (χ1) is 8.82. The van der Waals surface area contributed by atoms with Gasteiger partial charge in [-0.1, -0.05) is 6.92 Å². The molecular formula is C10H8F3N3O2S. The summed E-state index contributed by atoms with van der Waals surface area (Å²) in [6.07, 6.45) is -2.57. The number of aryl methyl sites for hydroxylation is 1. The van der Waals surface area contributed by atoms with Crippen LogP contribution in [0, 0.1) is 0 Å². The van der Waals surface area contributed by atoms with Crippen LogP contribution in [0.3, 0.4) is 0 Å². The Bertz CT molecular complexity index is 618.